The Morgan fingerprint density at radius 1 is 1.56 bits per heavy atom. The van der Waals surface area contributed by atoms with E-state index >= 15 is 0 Å². The molecule has 3 N–H and O–H groups in total. The van der Waals surface area contributed by atoms with E-state index in [1.807, 2.05) is 13.0 Å². The molecule has 0 aromatic carbocycles. The van der Waals surface area contributed by atoms with E-state index in [2.05, 4.69) is 16.4 Å². The van der Waals surface area contributed by atoms with Gasteiger partial charge in [0.05, 0.1) is 11.3 Å². The van der Waals surface area contributed by atoms with Gasteiger partial charge in [0.25, 0.3) is 0 Å². The van der Waals surface area contributed by atoms with Gasteiger partial charge in [0.2, 0.25) is 0 Å². The summed E-state index contributed by atoms with van der Waals surface area (Å²) in [6, 6.07) is 5.72. The molecule has 0 spiro atoms. The maximum absolute atomic E-state index is 8.79. The maximum atomic E-state index is 8.79. The number of nitrogens with zero attached hydrogens (tertiary/aromatic N) is 2. The normalized spacial score (nSPS) is 17.3. The van der Waals surface area contributed by atoms with Gasteiger partial charge in [-0.15, -0.1) is 0 Å². The third-order valence-electron chi connectivity index (χ3n) is 3.18. The summed E-state index contributed by atoms with van der Waals surface area (Å²) in [4.78, 5) is 4.32. The zero-order chi connectivity index (χ0) is 11.6. The first kappa shape index (κ1) is 10.9. The highest BCUT2D eigenvalue weighted by atomic mass is 15.0. The van der Waals surface area contributed by atoms with E-state index < -0.39 is 0 Å². The van der Waals surface area contributed by atoms with Crippen LogP contribution < -0.4 is 11.1 Å². The van der Waals surface area contributed by atoms with Crippen molar-refractivity contribution in [3.05, 3.63) is 23.4 Å². The van der Waals surface area contributed by atoms with Crippen molar-refractivity contribution in [3.8, 4) is 6.07 Å². The van der Waals surface area contributed by atoms with Gasteiger partial charge in [-0.05, 0) is 38.3 Å². The average molecular weight is 216 g/mol. The lowest BCUT2D eigenvalue weighted by Crippen LogP contribution is -2.52. The highest BCUT2D eigenvalue weighted by Gasteiger charge is 2.32. The summed E-state index contributed by atoms with van der Waals surface area (Å²) in [5, 5.41) is 12.0. The molecule has 1 saturated carbocycles. The molecular weight excluding hydrogens is 200 g/mol. The maximum Gasteiger partial charge on any atom is 0.126 e. The molecule has 1 aliphatic carbocycles. The number of anilines is 1. The van der Waals surface area contributed by atoms with E-state index in [1.165, 1.54) is 6.42 Å². The van der Waals surface area contributed by atoms with Crippen LogP contribution in [-0.4, -0.2) is 17.1 Å². The number of hydrogen-bond donors (Lipinski definition) is 2. The van der Waals surface area contributed by atoms with Crippen molar-refractivity contribution in [2.45, 2.75) is 31.7 Å². The van der Waals surface area contributed by atoms with Crippen molar-refractivity contribution in [2.24, 2.45) is 5.73 Å². The van der Waals surface area contributed by atoms with Crippen molar-refractivity contribution >= 4 is 5.82 Å². The molecule has 0 unspecified atom stereocenters. The molecule has 1 aromatic heterocycles. The predicted molar refractivity (Wildman–Crippen MR) is 62.9 cm³/mol. The lowest BCUT2D eigenvalue weighted by Gasteiger charge is -2.38. The third-order valence-corrected chi connectivity index (χ3v) is 3.18. The van der Waals surface area contributed by atoms with E-state index in [9.17, 15) is 0 Å². The van der Waals surface area contributed by atoms with Crippen LogP contribution >= 0.6 is 0 Å². The second-order valence-corrected chi connectivity index (χ2v) is 4.51. The highest BCUT2D eigenvalue weighted by molar-refractivity contribution is 5.43. The fourth-order valence-corrected chi connectivity index (χ4v) is 1.85. The lowest BCUT2D eigenvalue weighted by molar-refractivity contribution is 0.265. The van der Waals surface area contributed by atoms with Crippen LogP contribution in [0.5, 0.6) is 0 Å². The monoisotopic (exact) mass is 216 g/mol. The van der Waals surface area contributed by atoms with Gasteiger partial charge in [0, 0.05) is 12.1 Å². The van der Waals surface area contributed by atoms with Gasteiger partial charge in [0.1, 0.15) is 11.9 Å². The molecule has 0 bridgehead atoms. The number of pyridine rings is 1. The molecule has 4 nitrogen and oxygen atoms in total. The summed E-state index contributed by atoms with van der Waals surface area (Å²) in [6.45, 7) is 2.59. The van der Waals surface area contributed by atoms with Gasteiger partial charge in [-0.2, -0.15) is 5.26 Å². The minimum Gasteiger partial charge on any atom is -0.368 e. The van der Waals surface area contributed by atoms with Gasteiger partial charge in [-0.25, -0.2) is 4.98 Å². The summed E-state index contributed by atoms with van der Waals surface area (Å²) in [5.74, 6) is 0.799. The molecule has 0 saturated heterocycles. The molecule has 0 radical (unpaired) electrons. The Morgan fingerprint density at radius 2 is 2.31 bits per heavy atom. The molecule has 1 fully saturated rings. The Balaban J connectivity index is 2.00. The number of aryl methyl sites for hydroxylation is 1. The van der Waals surface area contributed by atoms with Crippen LogP contribution in [-0.2, 0) is 0 Å². The van der Waals surface area contributed by atoms with Crippen LogP contribution in [0.15, 0.2) is 12.1 Å². The van der Waals surface area contributed by atoms with Crippen LogP contribution in [0.25, 0.3) is 0 Å². The topological polar surface area (TPSA) is 74.7 Å². The first-order chi connectivity index (χ1) is 7.63. The Labute approximate surface area is 95.5 Å². The van der Waals surface area contributed by atoms with Gasteiger partial charge in [-0.1, -0.05) is 0 Å². The molecular formula is C12H16N4. The smallest absolute Gasteiger partial charge is 0.126 e. The van der Waals surface area contributed by atoms with Crippen LogP contribution in [0.3, 0.4) is 0 Å². The number of aromatic nitrogens is 1. The van der Waals surface area contributed by atoms with Gasteiger partial charge >= 0.3 is 0 Å². The predicted octanol–water partition coefficient (Wildman–Crippen LogP) is 1.55. The summed E-state index contributed by atoms with van der Waals surface area (Å²) >= 11 is 0. The van der Waals surface area contributed by atoms with Crippen molar-refractivity contribution in [1.82, 2.24) is 4.98 Å². The number of rotatable bonds is 3. The molecule has 0 amide bonds. The van der Waals surface area contributed by atoms with Crippen molar-refractivity contribution in [3.63, 3.8) is 0 Å². The van der Waals surface area contributed by atoms with Crippen molar-refractivity contribution in [1.29, 1.82) is 5.26 Å². The van der Waals surface area contributed by atoms with E-state index in [1.54, 1.807) is 6.07 Å². The Hall–Kier alpha value is -1.60. The molecule has 1 aromatic rings. The van der Waals surface area contributed by atoms with E-state index in [4.69, 9.17) is 11.0 Å². The summed E-state index contributed by atoms with van der Waals surface area (Å²) < 4.78 is 0. The average Bonchev–Trinajstić information content (AvgIpc) is 2.24. The minimum absolute atomic E-state index is 0.0521. The Kier molecular flexibility index (Phi) is 2.80. The summed E-state index contributed by atoms with van der Waals surface area (Å²) in [7, 11) is 0. The molecule has 2 rings (SSSR count). The van der Waals surface area contributed by atoms with Gasteiger partial charge in [-0.3, -0.25) is 0 Å². The third kappa shape index (κ3) is 2.15. The minimum atomic E-state index is -0.0521. The fourth-order valence-electron chi connectivity index (χ4n) is 1.85. The molecule has 0 atom stereocenters. The molecule has 84 valence electrons. The van der Waals surface area contributed by atoms with Gasteiger partial charge in [0.15, 0.2) is 0 Å². The zero-order valence-electron chi connectivity index (χ0n) is 9.45. The lowest BCUT2D eigenvalue weighted by atomic mass is 9.78. The van der Waals surface area contributed by atoms with Crippen LogP contribution in [0.4, 0.5) is 5.82 Å². The van der Waals surface area contributed by atoms with Gasteiger partial charge < -0.3 is 11.1 Å². The van der Waals surface area contributed by atoms with Crippen molar-refractivity contribution < 1.29 is 0 Å². The van der Waals surface area contributed by atoms with E-state index in [-0.39, 0.29) is 5.54 Å². The first-order valence-electron chi connectivity index (χ1n) is 5.53. The molecule has 16 heavy (non-hydrogen) atoms. The highest BCUT2D eigenvalue weighted by Crippen LogP contribution is 2.29. The SMILES string of the molecule is Cc1nc(NCC2(N)CCC2)ccc1C#N. The Bertz CT molecular complexity index is 429. The first-order valence-corrected chi connectivity index (χ1v) is 5.53. The van der Waals surface area contributed by atoms with Crippen LogP contribution in [0, 0.1) is 18.3 Å². The summed E-state index contributed by atoms with van der Waals surface area (Å²) in [5.41, 5.74) is 7.43. The molecule has 1 heterocycles. The van der Waals surface area contributed by atoms with E-state index in [0.29, 0.717) is 5.56 Å². The zero-order valence-corrected chi connectivity index (χ0v) is 9.45. The molecule has 4 heteroatoms. The number of nitrogens with two attached hydrogens (primary N) is 1. The van der Waals surface area contributed by atoms with Crippen molar-refractivity contribution in [2.75, 3.05) is 11.9 Å². The van der Waals surface area contributed by atoms with E-state index in [0.717, 1.165) is 30.9 Å². The fraction of sp³-hybridized carbons (Fsp3) is 0.500. The standard InChI is InChI=1S/C12H16N4/c1-9-10(7-13)3-4-11(16-9)15-8-12(14)5-2-6-12/h3-4H,2,5-6,8,14H2,1H3,(H,15,16). The Morgan fingerprint density at radius 3 is 2.81 bits per heavy atom. The second kappa shape index (κ2) is 4.11. The number of nitriles is 1. The van der Waals surface area contributed by atoms with Crippen LogP contribution in [0.1, 0.15) is 30.5 Å². The second-order valence-electron chi connectivity index (χ2n) is 4.51. The number of hydrogen-bond acceptors (Lipinski definition) is 4. The molecule has 0 aliphatic heterocycles. The quantitative estimate of drug-likeness (QED) is 0.804. The van der Waals surface area contributed by atoms with Crippen LogP contribution in [0.2, 0.25) is 0 Å². The molecule has 1 aliphatic rings. The summed E-state index contributed by atoms with van der Waals surface area (Å²) in [6.07, 6.45) is 3.38. The largest absolute Gasteiger partial charge is 0.368 e. The number of nitrogens with one attached hydrogen (secondary N) is 1.